The number of guanidine groups is 1. The highest BCUT2D eigenvalue weighted by molar-refractivity contribution is 5.79. The highest BCUT2D eigenvalue weighted by Gasteiger charge is 2.10. The lowest BCUT2D eigenvalue weighted by atomic mass is 10.2. The standard InChI is InChI=1S/C19H26FN5O2/c1-21-19(23-8-9-25-10-12-26-13-11-25)22-7-6-17-14-27-18(24-17)15-2-4-16(20)5-3-15/h2-5,14H,6-13H2,1H3,(H2,21,22,23). The Kier molecular flexibility index (Phi) is 7.18. The Hall–Kier alpha value is -2.45. The van der Waals surface area contributed by atoms with E-state index in [0.29, 0.717) is 18.9 Å². The fourth-order valence-electron chi connectivity index (χ4n) is 2.83. The zero-order valence-electron chi connectivity index (χ0n) is 15.6. The first-order chi connectivity index (χ1) is 13.2. The van der Waals surface area contributed by atoms with Crippen molar-refractivity contribution >= 4 is 5.96 Å². The number of benzene rings is 1. The molecule has 7 nitrogen and oxygen atoms in total. The van der Waals surface area contributed by atoms with Crippen LogP contribution in [-0.4, -0.2) is 68.8 Å². The van der Waals surface area contributed by atoms with Crippen molar-refractivity contribution in [2.24, 2.45) is 4.99 Å². The molecule has 2 heterocycles. The third-order valence-corrected chi connectivity index (χ3v) is 4.36. The van der Waals surface area contributed by atoms with E-state index in [9.17, 15) is 4.39 Å². The van der Waals surface area contributed by atoms with Crippen molar-refractivity contribution < 1.29 is 13.5 Å². The maximum atomic E-state index is 13.0. The molecular weight excluding hydrogens is 349 g/mol. The number of morpholine rings is 1. The van der Waals surface area contributed by atoms with Crippen molar-refractivity contribution in [3.05, 3.63) is 42.0 Å². The summed E-state index contributed by atoms with van der Waals surface area (Å²) in [5.41, 5.74) is 1.60. The summed E-state index contributed by atoms with van der Waals surface area (Å²) in [4.78, 5) is 11.1. The average molecular weight is 375 g/mol. The summed E-state index contributed by atoms with van der Waals surface area (Å²) in [5.74, 6) is 0.991. The molecule has 0 atom stereocenters. The first-order valence-electron chi connectivity index (χ1n) is 9.19. The van der Waals surface area contributed by atoms with Gasteiger partial charge in [0.15, 0.2) is 5.96 Å². The van der Waals surface area contributed by atoms with Gasteiger partial charge in [-0.2, -0.15) is 0 Å². The number of aromatic nitrogens is 1. The second-order valence-corrected chi connectivity index (χ2v) is 6.28. The zero-order chi connectivity index (χ0) is 18.9. The van der Waals surface area contributed by atoms with Crippen LogP contribution < -0.4 is 10.6 Å². The molecule has 3 rings (SSSR count). The Balaban J connectivity index is 1.38. The Morgan fingerprint density at radius 3 is 2.67 bits per heavy atom. The van der Waals surface area contributed by atoms with Crippen LogP contribution in [0.15, 0.2) is 39.9 Å². The third-order valence-electron chi connectivity index (χ3n) is 4.36. The van der Waals surface area contributed by atoms with Gasteiger partial charge in [-0.25, -0.2) is 9.37 Å². The normalized spacial score (nSPS) is 15.7. The smallest absolute Gasteiger partial charge is 0.226 e. The van der Waals surface area contributed by atoms with Crippen LogP contribution in [0.4, 0.5) is 4.39 Å². The summed E-state index contributed by atoms with van der Waals surface area (Å²) in [6.45, 7) is 6.07. The van der Waals surface area contributed by atoms with E-state index in [1.54, 1.807) is 25.4 Å². The Bertz CT molecular complexity index is 726. The van der Waals surface area contributed by atoms with Gasteiger partial charge in [0.25, 0.3) is 0 Å². The minimum atomic E-state index is -0.276. The van der Waals surface area contributed by atoms with Gasteiger partial charge < -0.3 is 19.8 Å². The summed E-state index contributed by atoms with van der Waals surface area (Å²) in [6.07, 6.45) is 2.34. The van der Waals surface area contributed by atoms with Crippen molar-refractivity contribution in [2.45, 2.75) is 6.42 Å². The highest BCUT2D eigenvalue weighted by Crippen LogP contribution is 2.18. The van der Waals surface area contributed by atoms with Gasteiger partial charge in [0.1, 0.15) is 12.1 Å². The number of nitrogens with one attached hydrogen (secondary N) is 2. The number of aliphatic imine (C=N–C) groups is 1. The van der Waals surface area contributed by atoms with Crippen LogP contribution in [0.3, 0.4) is 0 Å². The molecule has 0 bridgehead atoms. The highest BCUT2D eigenvalue weighted by atomic mass is 19.1. The molecule has 1 aromatic carbocycles. The number of hydrogen-bond donors (Lipinski definition) is 2. The van der Waals surface area contributed by atoms with Crippen LogP contribution in [0.2, 0.25) is 0 Å². The Morgan fingerprint density at radius 1 is 1.19 bits per heavy atom. The molecule has 146 valence electrons. The molecule has 2 N–H and O–H groups in total. The van der Waals surface area contributed by atoms with Gasteiger partial charge in [0.2, 0.25) is 5.89 Å². The van der Waals surface area contributed by atoms with Gasteiger partial charge in [-0.1, -0.05) is 0 Å². The largest absolute Gasteiger partial charge is 0.444 e. The molecular formula is C19H26FN5O2. The van der Waals surface area contributed by atoms with Gasteiger partial charge in [-0.15, -0.1) is 0 Å². The molecule has 27 heavy (non-hydrogen) atoms. The van der Waals surface area contributed by atoms with Crippen LogP contribution in [0.5, 0.6) is 0 Å². The van der Waals surface area contributed by atoms with E-state index in [1.807, 2.05) is 0 Å². The van der Waals surface area contributed by atoms with E-state index >= 15 is 0 Å². The van der Waals surface area contributed by atoms with E-state index < -0.39 is 0 Å². The number of oxazole rings is 1. The van der Waals surface area contributed by atoms with Crippen LogP contribution in [0.1, 0.15) is 5.69 Å². The lowest BCUT2D eigenvalue weighted by Crippen LogP contribution is -2.44. The topological polar surface area (TPSA) is 74.9 Å². The number of nitrogens with zero attached hydrogens (tertiary/aromatic N) is 3. The molecule has 0 radical (unpaired) electrons. The lowest BCUT2D eigenvalue weighted by molar-refractivity contribution is 0.0389. The van der Waals surface area contributed by atoms with Crippen molar-refractivity contribution in [1.82, 2.24) is 20.5 Å². The van der Waals surface area contributed by atoms with E-state index in [-0.39, 0.29) is 5.82 Å². The Labute approximate surface area is 158 Å². The number of halogens is 1. The molecule has 0 aliphatic carbocycles. The maximum absolute atomic E-state index is 13.0. The number of rotatable bonds is 7. The fourth-order valence-corrected chi connectivity index (χ4v) is 2.83. The molecule has 1 aromatic heterocycles. The van der Waals surface area contributed by atoms with Gasteiger partial charge in [-0.05, 0) is 24.3 Å². The quantitative estimate of drug-likeness (QED) is 0.565. The van der Waals surface area contributed by atoms with Crippen molar-refractivity contribution in [1.29, 1.82) is 0 Å². The number of ether oxygens (including phenoxy) is 1. The average Bonchev–Trinajstić information content (AvgIpc) is 3.17. The predicted molar refractivity (Wildman–Crippen MR) is 102 cm³/mol. The zero-order valence-corrected chi connectivity index (χ0v) is 15.6. The first kappa shape index (κ1) is 19.3. The van der Waals surface area contributed by atoms with Gasteiger partial charge >= 0.3 is 0 Å². The van der Waals surface area contributed by atoms with Crippen molar-refractivity contribution in [3.8, 4) is 11.5 Å². The molecule has 0 amide bonds. The predicted octanol–water partition coefficient (Wildman–Crippen LogP) is 1.52. The van der Waals surface area contributed by atoms with E-state index in [1.165, 1.54) is 12.1 Å². The van der Waals surface area contributed by atoms with Crippen LogP contribution in [0, 0.1) is 5.82 Å². The van der Waals surface area contributed by atoms with Gasteiger partial charge in [0.05, 0.1) is 18.9 Å². The molecule has 1 fully saturated rings. The molecule has 0 spiro atoms. The summed E-state index contributed by atoms with van der Waals surface area (Å²) < 4.78 is 23.8. The van der Waals surface area contributed by atoms with Gasteiger partial charge in [0, 0.05) is 51.8 Å². The molecule has 2 aromatic rings. The molecule has 0 saturated carbocycles. The second kappa shape index (κ2) is 10.0. The molecule has 1 aliphatic rings. The summed E-state index contributed by atoms with van der Waals surface area (Å²) in [5, 5.41) is 6.59. The van der Waals surface area contributed by atoms with Crippen LogP contribution in [0.25, 0.3) is 11.5 Å². The minimum absolute atomic E-state index is 0.276. The van der Waals surface area contributed by atoms with Crippen LogP contribution >= 0.6 is 0 Å². The number of hydrogen-bond acceptors (Lipinski definition) is 5. The van der Waals surface area contributed by atoms with E-state index in [4.69, 9.17) is 9.15 Å². The second-order valence-electron chi connectivity index (χ2n) is 6.28. The minimum Gasteiger partial charge on any atom is -0.444 e. The van der Waals surface area contributed by atoms with E-state index in [0.717, 1.165) is 56.6 Å². The maximum Gasteiger partial charge on any atom is 0.226 e. The first-order valence-corrected chi connectivity index (χ1v) is 9.19. The van der Waals surface area contributed by atoms with Gasteiger partial charge in [-0.3, -0.25) is 9.89 Å². The molecule has 1 saturated heterocycles. The van der Waals surface area contributed by atoms with Crippen LogP contribution in [-0.2, 0) is 11.2 Å². The fraction of sp³-hybridized carbons (Fsp3) is 0.474. The SMILES string of the molecule is CN=C(NCCc1coc(-c2ccc(F)cc2)n1)NCCN1CCOCC1. The third kappa shape index (κ3) is 6.04. The molecule has 1 aliphatic heterocycles. The monoisotopic (exact) mass is 375 g/mol. The molecule has 8 heteroatoms. The van der Waals surface area contributed by atoms with Crippen molar-refractivity contribution in [3.63, 3.8) is 0 Å². The summed E-state index contributed by atoms with van der Waals surface area (Å²) in [7, 11) is 1.76. The Morgan fingerprint density at radius 2 is 1.93 bits per heavy atom. The summed E-state index contributed by atoms with van der Waals surface area (Å²) in [6, 6.07) is 6.10. The van der Waals surface area contributed by atoms with Crippen molar-refractivity contribution in [2.75, 3.05) is 53.0 Å². The van der Waals surface area contributed by atoms with E-state index in [2.05, 4.69) is 25.5 Å². The lowest BCUT2D eigenvalue weighted by Gasteiger charge is -2.26. The summed E-state index contributed by atoms with van der Waals surface area (Å²) >= 11 is 0. The molecule has 0 unspecified atom stereocenters.